The van der Waals surface area contributed by atoms with E-state index in [1.54, 1.807) is 0 Å². The van der Waals surface area contributed by atoms with Crippen LogP contribution >= 0.6 is 11.3 Å². The lowest BCUT2D eigenvalue weighted by Crippen LogP contribution is -2.73. The zero-order valence-electron chi connectivity index (χ0n) is 30.8. The molecule has 3 aromatic heterocycles. The van der Waals surface area contributed by atoms with Crippen molar-refractivity contribution in [1.82, 2.24) is 14.5 Å². The van der Waals surface area contributed by atoms with Gasteiger partial charge in [-0.05, 0) is 51.5 Å². The third-order valence-corrected chi connectivity index (χ3v) is 17.7. The van der Waals surface area contributed by atoms with Crippen molar-refractivity contribution in [1.29, 1.82) is 0 Å². The Morgan fingerprint density at radius 3 is 1.82 bits per heavy atom. The Balaban J connectivity index is 1.22. The molecule has 3 nitrogen and oxygen atoms in total. The Morgan fingerprint density at radius 2 is 1.05 bits per heavy atom. The van der Waals surface area contributed by atoms with Crippen molar-refractivity contribution in [3.8, 4) is 39.5 Å². The predicted molar refractivity (Wildman–Crippen MR) is 243 cm³/mol. The highest BCUT2D eigenvalue weighted by Gasteiger charge is 2.51. The lowest BCUT2D eigenvalue weighted by molar-refractivity contribution is 1.16. The summed E-state index contributed by atoms with van der Waals surface area (Å²) in [4.78, 5) is 11.4. The van der Waals surface area contributed by atoms with E-state index in [-0.39, 0.29) is 0 Å². The predicted octanol–water partition coefficient (Wildman–Crippen LogP) is 10.6. The summed E-state index contributed by atoms with van der Waals surface area (Å²) in [7, 11) is -2.93. The van der Waals surface area contributed by atoms with Crippen LogP contribution in [0.1, 0.15) is 0 Å². The molecule has 1 aliphatic heterocycles. The summed E-state index contributed by atoms with van der Waals surface area (Å²) in [5.74, 6) is 0.741. The lowest BCUT2D eigenvalue weighted by Gasteiger charge is -2.30. The Kier molecular flexibility index (Phi) is 7.12. The first-order valence-electron chi connectivity index (χ1n) is 19.4. The Hall–Kier alpha value is -6.92. The minimum absolute atomic E-state index is 0.741. The number of hydrogen-bond donors (Lipinski definition) is 0. The number of thiophene rings is 1. The van der Waals surface area contributed by atoms with E-state index < -0.39 is 8.07 Å². The third kappa shape index (κ3) is 4.64. The van der Waals surface area contributed by atoms with Crippen molar-refractivity contribution >= 4 is 82.3 Å². The van der Waals surface area contributed by atoms with Gasteiger partial charge in [-0.15, -0.1) is 11.3 Å². The SMILES string of the molecule is c1ccc(-c2nc(-c3ccccc3-n3c4ccccc4c4cc5c(cc43)sc3ccccc35)c3c(n2)[Si](c2ccccc2)(c2ccccc2)c2ccccc2-3)cc1. The van der Waals surface area contributed by atoms with Gasteiger partial charge in [0, 0.05) is 47.6 Å². The summed E-state index contributed by atoms with van der Waals surface area (Å²) in [5.41, 5.74) is 8.84. The van der Waals surface area contributed by atoms with Crippen molar-refractivity contribution in [2.45, 2.75) is 0 Å². The molecule has 0 N–H and O–H groups in total. The molecule has 12 rings (SSSR count). The van der Waals surface area contributed by atoms with Gasteiger partial charge in [0.25, 0.3) is 0 Å². The molecule has 0 saturated heterocycles. The van der Waals surface area contributed by atoms with Gasteiger partial charge < -0.3 is 4.57 Å². The Morgan fingerprint density at radius 1 is 0.439 bits per heavy atom. The number of hydrogen-bond acceptors (Lipinski definition) is 3. The van der Waals surface area contributed by atoms with Gasteiger partial charge in [0.1, 0.15) is 0 Å². The molecule has 0 amide bonds. The number of rotatable bonds is 5. The van der Waals surface area contributed by atoms with Gasteiger partial charge in [0.05, 0.1) is 27.7 Å². The van der Waals surface area contributed by atoms with Crippen LogP contribution in [0.25, 0.3) is 81.4 Å². The topological polar surface area (TPSA) is 30.7 Å². The van der Waals surface area contributed by atoms with Gasteiger partial charge in [0.2, 0.25) is 8.07 Å². The molecule has 0 atom stereocenters. The summed E-state index contributed by atoms with van der Waals surface area (Å²) in [5, 5.41) is 10.2. The van der Waals surface area contributed by atoms with Gasteiger partial charge in [0.15, 0.2) is 5.82 Å². The first kappa shape index (κ1) is 32.3. The maximum atomic E-state index is 5.72. The first-order valence-corrected chi connectivity index (χ1v) is 22.2. The summed E-state index contributed by atoms with van der Waals surface area (Å²) in [6, 6.07) is 73.0. The van der Waals surface area contributed by atoms with Crippen LogP contribution in [-0.4, -0.2) is 22.6 Å². The summed E-state index contributed by atoms with van der Waals surface area (Å²) in [6.45, 7) is 0. The smallest absolute Gasteiger partial charge is 0.203 e. The minimum atomic E-state index is -2.93. The minimum Gasteiger partial charge on any atom is -0.309 e. The number of aromatic nitrogens is 3. The Bertz CT molecular complexity index is 3310. The van der Waals surface area contributed by atoms with Crippen molar-refractivity contribution in [2.24, 2.45) is 0 Å². The van der Waals surface area contributed by atoms with Crippen LogP contribution in [0, 0.1) is 0 Å². The molecule has 0 saturated carbocycles. The van der Waals surface area contributed by atoms with Crippen LogP contribution in [0.3, 0.4) is 0 Å². The molecular formula is C52H33N3SSi. The van der Waals surface area contributed by atoms with Crippen molar-refractivity contribution in [2.75, 3.05) is 0 Å². The van der Waals surface area contributed by atoms with Crippen molar-refractivity contribution in [3.63, 3.8) is 0 Å². The average molecular weight is 760 g/mol. The fourth-order valence-corrected chi connectivity index (χ4v) is 15.6. The monoisotopic (exact) mass is 759 g/mol. The molecule has 0 fully saturated rings. The quantitative estimate of drug-likeness (QED) is 0.164. The highest BCUT2D eigenvalue weighted by Crippen LogP contribution is 2.44. The van der Waals surface area contributed by atoms with Crippen LogP contribution in [0.2, 0.25) is 0 Å². The number of fused-ring (bicyclic) bond motifs is 9. The van der Waals surface area contributed by atoms with E-state index in [1.165, 1.54) is 63.1 Å². The van der Waals surface area contributed by atoms with E-state index in [0.29, 0.717) is 0 Å². The molecule has 1 aliphatic rings. The highest BCUT2D eigenvalue weighted by molar-refractivity contribution is 7.26. The van der Waals surface area contributed by atoms with E-state index in [4.69, 9.17) is 9.97 Å². The normalized spacial score (nSPS) is 13.1. The van der Waals surface area contributed by atoms with Crippen LogP contribution in [-0.2, 0) is 0 Å². The summed E-state index contributed by atoms with van der Waals surface area (Å²) >= 11 is 1.87. The third-order valence-electron chi connectivity index (χ3n) is 11.9. The molecule has 0 bridgehead atoms. The lowest BCUT2D eigenvalue weighted by atomic mass is 9.99. The molecule has 0 aliphatic carbocycles. The maximum Gasteiger partial charge on any atom is 0.203 e. The summed E-state index contributed by atoms with van der Waals surface area (Å²) in [6.07, 6.45) is 0. The molecule has 8 aromatic carbocycles. The van der Waals surface area contributed by atoms with Crippen LogP contribution in [0.15, 0.2) is 200 Å². The van der Waals surface area contributed by atoms with E-state index in [2.05, 4.69) is 205 Å². The fourth-order valence-electron chi connectivity index (χ4n) is 9.50. The molecule has 0 spiro atoms. The van der Waals surface area contributed by atoms with E-state index in [9.17, 15) is 0 Å². The maximum absolute atomic E-state index is 5.72. The van der Waals surface area contributed by atoms with Crippen LogP contribution in [0.5, 0.6) is 0 Å². The number of benzene rings is 8. The molecule has 57 heavy (non-hydrogen) atoms. The van der Waals surface area contributed by atoms with Gasteiger partial charge in [-0.3, -0.25) is 0 Å². The van der Waals surface area contributed by atoms with Gasteiger partial charge >= 0.3 is 0 Å². The second-order valence-electron chi connectivity index (χ2n) is 14.8. The standard InChI is InChI=1S/C52H33N3SSi/c1-4-18-34(19-5-1)51-53-50(49-40-27-13-17-31-48(40)57(52(49)54-51,35-20-6-2-7-21-35)36-22-8-3-9-23-36)39-26-11-15-29-44(39)55-43-28-14-10-24-37(43)41-32-42-38-25-12-16-30-46(38)56-47(42)33-45(41)55/h1-33H. The van der Waals surface area contributed by atoms with Gasteiger partial charge in [-0.2, -0.15) is 0 Å². The van der Waals surface area contributed by atoms with Gasteiger partial charge in [-0.1, -0.05) is 170 Å². The Labute approximate surface area is 334 Å². The molecule has 0 radical (unpaired) electrons. The van der Waals surface area contributed by atoms with Crippen molar-refractivity contribution in [3.05, 3.63) is 200 Å². The first-order chi connectivity index (χ1) is 28.3. The second kappa shape index (κ2) is 12.5. The highest BCUT2D eigenvalue weighted by atomic mass is 32.1. The number of para-hydroxylation sites is 2. The van der Waals surface area contributed by atoms with Crippen molar-refractivity contribution < 1.29 is 0 Å². The molecular weight excluding hydrogens is 727 g/mol. The molecule has 266 valence electrons. The van der Waals surface area contributed by atoms with Gasteiger partial charge in [-0.25, -0.2) is 9.97 Å². The average Bonchev–Trinajstić information content (AvgIpc) is 3.92. The zero-order valence-corrected chi connectivity index (χ0v) is 32.6. The molecule has 11 aromatic rings. The van der Waals surface area contributed by atoms with E-state index >= 15 is 0 Å². The summed E-state index contributed by atoms with van der Waals surface area (Å²) < 4.78 is 5.07. The fraction of sp³-hybridized carbons (Fsp3) is 0. The molecule has 0 unspecified atom stereocenters. The van der Waals surface area contributed by atoms with E-state index in [1.807, 2.05) is 11.3 Å². The zero-order chi connectivity index (χ0) is 37.5. The molecule has 4 heterocycles. The largest absolute Gasteiger partial charge is 0.309 e. The van der Waals surface area contributed by atoms with Crippen LogP contribution in [0.4, 0.5) is 0 Å². The second-order valence-corrected chi connectivity index (χ2v) is 19.6. The van der Waals surface area contributed by atoms with E-state index in [0.717, 1.165) is 39.2 Å². The molecule has 5 heteroatoms. The number of nitrogens with zero attached hydrogens (tertiary/aromatic N) is 3. The van der Waals surface area contributed by atoms with Crippen LogP contribution < -0.4 is 20.9 Å².